The molecule has 1 aromatic carbocycles. The summed E-state index contributed by atoms with van der Waals surface area (Å²) in [5.74, 6) is -2.37. The van der Waals surface area contributed by atoms with Crippen molar-refractivity contribution >= 4 is 29.7 Å². The van der Waals surface area contributed by atoms with Crippen LogP contribution >= 0.6 is 23.7 Å². The van der Waals surface area contributed by atoms with Crippen molar-refractivity contribution in [3.8, 4) is 5.75 Å². The van der Waals surface area contributed by atoms with Gasteiger partial charge in [0.1, 0.15) is 29.2 Å². The van der Waals surface area contributed by atoms with Gasteiger partial charge in [0, 0.05) is 24.5 Å². The second kappa shape index (κ2) is 9.48. The molecule has 0 aliphatic rings. The standard InChI is InChI=1S/C14H15F2N3O3S.ClH/c15-10-2-1-9(3-11(10)16)22-6-8(20)5-18-14(21)12-7-23-13(4-17)19-12;/h1-3,7-8,20H,4-6,17H2,(H,18,21);1H. The number of amides is 1. The topological polar surface area (TPSA) is 97.5 Å². The lowest BCUT2D eigenvalue weighted by atomic mass is 10.3. The van der Waals surface area contributed by atoms with E-state index >= 15 is 0 Å². The van der Waals surface area contributed by atoms with Crippen LogP contribution < -0.4 is 15.8 Å². The minimum absolute atomic E-state index is 0. The third-order valence-electron chi connectivity index (χ3n) is 2.79. The molecular weight excluding hydrogens is 364 g/mol. The third-order valence-corrected chi connectivity index (χ3v) is 3.66. The van der Waals surface area contributed by atoms with Crippen LogP contribution in [0, 0.1) is 11.6 Å². The van der Waals surface area contributed by atoms with Gasteiger partial charge in [-0.2, -0.15) is 0 Å². The number of aromatic nitrogens is 1. The van der Waals surface area contributed by atoms with Crippen molar-refractivity contribution in [1.29, 1.82) is 0 Å². The van der Waals surface area contributed by atoms with Crippen molar-refractivity contribution < 1.29 is 23.4 Å². The zero-order chi connectivity index (χ0) is 16.8. The predicted octanol–water partition coefficient (Wildman–Crippen LogP) is 1.47. The smallest absolute Gasteiger partial charge is 0.270 e. The highest BCUT2D eigenvalue weighted by Crippen LogP contribution is 2.15. The van der Waals surface area contributed by atoms with Crippen molar-refractivity contribution in [3.63, 3.8) is 0 Å². The van der Waals surface area contributed by atoms with E-state index in [1.54, 1.807) is 5.38 Å². The molecule has 0 bridgehead atoms. The summed E-state index contributed by atoms with van der Waals surface area (Å²) >= 11 is 1.27. The molecule has 1 amide bonds. The Hall–Kier alpha value is -1.81. The van der Waals surface area contributed by atoms with Gasteiger partial charge in [0.15, 0.2) is 11.6 Å². The van der Waals surface area contributed by atoms with Crippen molar-refractivity contribution in [1.82, 2.24) is 10.3 Å². The Labute approximate surface area is 147 Å². The molecular formula is C14H16ClF2N3O3S. The van der Waals surface area contributed by atoms with E-state index in [0.717, 1.165) is 12.1 Å². The number of hydrogen-bond acceptors (Lipinski definition) is 6. The van der Waals surface area contributed by atoms with Crippen molar-refractivity contribution in [2.75, 3.05) is 13.2 Å². The van der Waals surface area contributed by atoms with E-state index in [1.165, 1.54) is 17.4 Å². The number of hydrogen-bond donors (Lipinski definition) is 3. The maximum atomic E-state index is 13.0. The van der Waals surface area contributed by atoms with E-state index in [1.807, 2.05) is 0 Å². The van der Waals surface area contributed by atoms with E-state index in [9.17, 15) is 18.7 Å². The van der Waals surface area contributed by atoms with E-state index in [2.05, 4.69) is 10.3 Å². The van der Waals surface area contributed by atoms with Gasteiger partial charge in [0.05, 0.1) is 0 Å². The maximum absolute atomic E-state index is 13.0. The van der Waals surface area contributed by atoms with Crippen LogP contribution in [0.25, 0.3) is 0 Å². The highest BCUT2D eigenvalue weighted by atomic mass is 35.5. The van der Waals surface area contributed by atoms with E-state index in [4.69, 9.17) is 10.5 Å². The Morgan fingerprint density at radius 1 is 1.42 bits per heavy atom. The number of ether oxygens (including phenoxy) is 1. The number of thiazole rings is 1. The number of aliphatic hydroxyl groups excluding tert-OH is 1. The minimum atomic E-state index is -1.04. The van der Waals surface area contributed by atoms with Gasteiger partial charge in [0.25, 0.3) is 5.91 Å². The number of benzene rings is 1. The van der Waals surface area contributed by atoms with Crippen LogP contribution in [0.4, 0.5) is 8.78 Å². The molecule has 1 atom stereocenters. The number of carbonyl (C=O) groups excluding carboxylic acids is 1. The molecule has 24 heavy (non-hydrogen) atoms. The lowest BCUT2D eigenvalue weighted by Crippen LogP contribution is -2.35. The maximum Gasteiger partial charge on any atom is 0.270 e. The molecule has 0 saturated carbocycles. The molecule has 0 aliphatic carbocycles. The van der Waals surface area contributed by atoms with Gasteiger partial charge in [-0.3, -0.25) is 4.79 Å². The minimum Gasteiger partial charge on any atom is -0.491 e. The summed E-state index contributed by atoms with van der Waals surface area (Å²) in [7, 11) is 0. The monoisotopic (exact) mass is 379 g/mol. The summed E-state index contributed by atoms with van der Waals surface area (Å²) in [5, 5.41) is 14.4. The molecule has 1 heterocycles. The number of nitrogens with zero attached hydrogens (tertiary/aromatic N) is 1. The predicted molar refractivity (Wildman–Crippen MR) is 87.4 cm³/mol. The lowest BCUT2D eigenvalue weighted by molar-refractivity contribution is 0.0839. The van der Waals surface area contributed by atoms with E-state index < -0.39 is 23.6 Å². The number of halogens is 3. The molecule has 4 N–H and O–H groups in total. The molecule has 6 nitrogen and oxygen atoms in total. The van der Waals surface area contributed by atoms with Crippen LogP contribution in [-0.2, 0) is 6.54 Å². The van der Waals surface area contributed by atoms with Gasteiger partial charge in [-0.1, -0.05) is 0 Å². The van der Waals surface area contributed by atoms with Gasteiger partial charge in [-0.25, -0.2) is 13.8 Å². The summed E-state index contributed by atoms with van der Waals surface area (Å²) in [4.78, 5) is 15.8. The number of carbonyl (C=O) groups is 1. The fourth-order valence-corrected chi connectivity index (χ4v) is 2.28. The average molecular weight is 380 g/mol. The molecule has 2 rings (SSSR count). The SMILES string of the molecule is Cl.NCc1nc(C(=O)NCC(O)COc2ccc(F)c(F)c2)cs1. The molecule has 0 saturated heterocycles. The zero-order valence-corrected chi connectivity index (χ0v) is 14.0. The van der Waals surface area contributed by atoms with Crippen molar-refractivity contribution in [2.24, 2.45) is 5.73 Å². The number of aliphatic hydroxyl groups is 1. The van der Waals surface area contributed by atoms with Crippen molar-refractivity contribution in [2.45, 2.75) is 12.6 Å². The molecule has 0 fully saturated rings. The van der Waals surface area contributed by atoms with Gasteiger partial charge >= 0.3 is 0 Å². The fourth-order valence-electron chi connectivity index (χ4n) is 1.63. The van der Waals surface area contributed by atoms with E-state index in [-0.39, 0.29) is 43.5 Å². The first-order valence-electron chi connectivity index (χ1n) is 6.68. The largest absolute Gasteiger partial charge is 0.491 e. The first-order valence-corrected chi connectivity index (χ1v) is 7.56. The molecule has 10 heteroatoms. The zero-order valence-electron chi connectivity index (χ0n) is 12.4. The number of nitrogens with one attached hydrogen (secondary N) is 1. The Kier molecular flexibility index (Phi) is 7.99. The van der Waals surface area contributed by atoms with Crippen molar-refractivity contribution in [3.05, 3.63) is 45.9 Å². The molecule has 0 aliphatic heterocycles. The summed E-state index contributed by atoms with van der Waals surface area (Å²) in [6.07, 6.45) is -1.01. The third kappa shape index (κ3) is 5.68. The van der Waals surface area contributed by atoms with Crippen LogP contribution in [0.1, 0.15) is 15.5 Å². The van der Waals surface area contributed by atoms with Crippen LogP contribution in [0.3, 0.4) is 0 Å². The van der Waals surface area contributed by atoms with E-state index in [0.29, 0.717) is 5.01 Å². The fraction of sp³-hybridized carbons (Fsp3) is 0.286. The Morgan fingerprint density at radius 2 is 2.17 bits per heavy atom. The normalized spacial score (nSPS) is 11.5. The summed E-state index contributed by atoms with van der Waals surface area (Å²) in [6, 6.07) is 3.05. The highest BCUT2D eigenvalue weighted by molar-refractivity contribution is 7.09. The Bertz CT molecular complexity index is 687. The summed E-state index contributed by atoms with van der Waals surface area (Å²) in [5.41, 5.74) is 5.64. The Balaban J connectivity index is 0.00000288. The van der Waals surface area contributed by atoms with Gasteiger partial charge in [-0.05, 0) is 12.1 Å². The second-order valence-electron chi connectivity index (χ2n) is 4.58. The van der Waals surface area contributed by atoms with Gasteiger partial charge in [0.2, 0.25) is 0 Å². The molecule has 132 valence electrons. The van der Waals surface area contributed by atoms with Crippen LogP contribution in [0.15, 0.2) is 23.6 Å². The first kappa shape index (κ1) is 20.2. The Morgan fingerprint density at radius 3 is 2.79 bits per heavy atom. The summed E-state index contributed by atoms with van der Waals surface area (Å²) in [6.45, 7) is -0.00287. The average Bonchev–Trinajstić information content (AvgIpc) is 3.03. The number of nitrogens with two attached hydrogens (primary N) is 1. The number of rotatable bonds is 7. The quantitative estimate of drug-likeness (QED) is 0.677. The first-order chi connectivity index (χ1) is 11.0. The van der Waals surface area contributed by atoms with Crippen LogP contribution in [-0.4, -0.2) is 35.3 Å². The molecule has 0 radical (unpaired) electrons. The second-order valence-corrected chi connectivity index (χ2v) is 5.52. The molecule has 1 unspecified atom stereocenters. The van der Waals surface area contributed by atoms with Crippen LogP contribution in [0.2, 0.25) is 0 Å². The van der Waals surface area contributed by atoms with Crippen LogP contribution in [0.5, 0.6) is 5.75 Å². The molecule has 0 spiro atoms. The van der Waals surface area contributed by atoms with Gasteiger partial charge < -0.3 is 20.9 Å². The highest BCUT2D eigenvalue weighted by Gasteiger charge is 2.13. The lowest BCUT2D eigenvalue weighted by Gasteiger charge is -2.13. The molecule has 1 aromatic heterocycles. The summed E-state index contributed by atoms with van der Waals surface area (Å²) < 4.78 is 30.9. The van der Waals surface area contributed by atoms with Gasteiger partial charge in [-0.15, -0.1) is 23.7 Å². The molecule has 2 aromatic rings.